The zero-order valence-corrected chi connectivity index (χ0v) is 19.3. The zero-order chi connectivity index (χ0) is 23.8. The third kappa shape index (κ3) is 5.02. The molecule has 0 unspecified atom stereocenters. The molecule has 0 bridgehead atoms. The first kappa shape index (κ1) is 22.8. The highest BCUT2D eigenvalue weighted by molar-refractivity contribution is 6.35. The summed E-state index contributed by atoms with van der Waals surface area (Å²) in [6.07, 6.45) is 4.60. The van der Waals surface area contributed by atoms with Crippen LogP contribution in [-0.4, -0.2) is 64.9 Å². The first-order valence-corrected chi connectivity index (χ1v) is 10.9. The monoisotopic (exact) mass is 447 g/mol. The number of carbonyl (C=O) groups is 1. The Kier molecular flexibility index (Phi) is 6.14. The van der Waals surface area contributed by atoms with Crippen molar-refractivity contribution >= 4 is 25.1 Å². The highest BCUT2D eigenvalue weighted by Gasteiger charge is 2.31. The van der Waals surface area contributed by atoms with Gasteiger partial charge in [0.2, 0.25) is 0 Å². The molecule has 1 saturated heterocycles. The van der Waals surface area contributed by atoms with Crippen LogP contribution in [0.15, 0.2) is 48.9 Å². The Hall–Kier alpha value is -3.36. The number of aromatic nitrogens is 3. The number of piperazine rings is 1. The number of amides is 1. The highest BCUT2D eigenvalue weighted by Crippen LogP contribution is 2.25. The van der Waals surface area contributed by atoms with E-state index in [9.17, 15) is 4.79 Å². The van der Waals surface area contributed by atoms with E-state index in [4.69, 9.17) is 12.6 Å². The standard InChI is InChI=1S/C24H27BFN5O2/c1-16-14-29(11-12-30(16)23(32)33-24(2,3)4)18-5-6-21(20(26)13-18)31-15-19(25)22(28-31)17-7-9-27-10-8-17/h5-10,13,15-16H,11-12,14H2,1-4H3/t16-/m1/s1. The maximum atomic E-state index is 15.1. The van der Waals surface area contributed by atoms with Crippen molar-refractivity contribution in [2.24, 2.45) is 0 Å². The molecule has 0 spiro atoms. The normalized spacial score (nSPS) is 16.7. The van der Waals surface area contributed by atoms with Gasteiger partial charge in [0.1, 0.15) is 19.1 Å². The van der Waals surface area contributed by atoms with Crippen LogP contribution in [0.3, 0.4) is 0 Å². The van der Waals surface area contributed by atoms with Gasteiger partial charge in [0, 0.05) is 55.5 Å². The molecule has 0 aliphatic carbocycles. The van der Waals surface area contributed by atoms with Gasteiger partial charge < -0.3 is 14.5 Å². The minimum absolute atomic E-state index is 0.0647. The maximum absolute atomic E-state index is 15.1. The minimum atomic E-state index is -0.542. The van der Waals surface area contributed by atoms with Crippen LogP contribution in [0.1, 0.15) is 27.7 Å². The Bertz CT molecular complexity index is 1150. The van der Waals surface area contributed by atoms with Gasteiger partial charge in [-0.15, -0.1) is 0 Å². The van der Waals surface area contributed by atoms with Crippen molar-refractivity contribution in [3.63, 3.8) is 0 Å². The van der Waals surface area contributed by atoms with Gasteiger partial charge >= 0.3 is 6.09 Å². The summed E-state index contributed by atoms with van der Waals surface area (Å²) in [6, 6.07) is 8.59. The average Bonchev–Trinajstić information content (AvgIpc) is 3.14. The Morgan fingerprint density at radius 3 is 2.55 bits per heavy atom. The van der Waals surface area contributed by atoms with Crippen molar-refractivity contribution in [2.75, 3.05) is 24.5 Å². The van der Waals surface area contributed by atoms with Gasteiger partial charge in [-0.2, -0.15) is 5.10 Å². The van der Waals surface area contributed by atoms with Crippen molar-refractivity contribution in [3.05, 3.63) is 54.7 Å². The molecule has 3 heterocycles. The van der Waals surface area contributed by atoms with E-state index >= 15 is 4.39 Å². The van der Waals surface area contributed by atoms with E-state index in [1.807, 2.05) is 33.8 Å². The molecular weight excluding hydrogens is 420 g/mol. The number of nitrogens with zero attached hydrogens (tertiary/aromatic N) is 5. The number of hydrogen-bond acceptors (Lipinski definition) is 5. The largest absolute Gasteiger partial charge is 0.444 e. The lowest BCUT2D eigenvalue weighted by Crippen LogP contribution is -2.55. The molecule has 0 saturated carbocycles. The van der Waals surface area contributed by atoms with Crippen LogP contribution in [0.25, 0.3) is 16.9 Å². The molecule has 1 atom stereocenters. The number of anilines is 1. The summed E-state index contributed by atoms with van der Waals surface area (Å²) >= 11 is 0. The van der Waals surface area contributed by atoms with Crippen LogP contribution >= 0.6 is 0 Å². The lowest BCUT2D eigenvalue weighted by atomic mass is 9.94. The van der Waals surface area contributed by atoms with Crippen LogP contribution in [0.4, 0.5) is 14.9 Å². The van der Waals surface area contributed by atoms with Crippen molar-refractivity contribution in [1.29, 1.82) is 0 Å². The topological polar surface area (TPSA) is 63.5 Å². The van der Waals surface area contributed by atoms with Gasteiger partial charge in [-0.3, -0.25) is 4.98 Å². The van der Waals surface area contributed by atoms with E-state index in [1.54, 1.807) is 41.7 Å². The summed E-state index contributed by atoms with van der Waals surface area (Å²) in [5.41, 5.74) is 2.37. The van der Waals surface area contributed by atoms with Crippen molar-refractivity contribution in [2.45, 2.75) is 39.3 Å². The lowest BCUT2D eigenvalue weighted by molar-refractivity contribution is 0.0159. The summed E-state index contributed by atoms with van der Waals surface area (Å²) in [4.78, 5) is 20.2. The molecule has 170 valence electrons. The Morgan fingerprint density at radius 2 is 1.91 bits per heavy atom. The number of halogens is 1. The smallest absolute Gasteiger partial charge is 0.410 e. The van der Waals surface area contributed by atoms with Crippen molar-refractivity contribution in [3.8, 4) is 16.9 Å². The molecule has 1 aliphatic rings. The number of hydrogen-bond donors (Lipinski definition) is 0. The Labute approximate surface area is 194 Å². The second-order valence-electron chi connectivity index (χ2n) is 9.22. The van der Waals surface area contributed by atoms with Crippen LogP contribution in [-0.2, 0) is 4.74 Å². The molecule has 1 aliphatic heterocycles. The molecule has 4 rings (SSSR count). The molecule has 1 fully saturated rings. The number of carbonyl (C=O) groups excluding carboxylic acids is 1. The number of ether oxygens (including phenoxy) is 1. The zero-order valence-electron chi connectivity index (χ0n) is 19.3. The van der Waals surface area contributed by atoms with Gasteiger partial charge in [0.15, 0.2) is 5.82 Å². The van der Waals surface area contributed by atoms with Gasteiger partial charge in [-0.25, -0.2) is 13.9 Å². The summed E-state index contributed by atoms with van der Waals surface area (Å²) in [5, 5.41) is 4.48. The number of pyridine rings is 1. The highest BCUT2D eigenvalue weighted by atomic mass is 19.1. The van der Waals surface area contributed by atoms with Gasteiger partial charge in [-0.05, 0) is 58.0 Å². The minimum Gasteiger partial charge on any atom is -0.444 e. The van der Waals surface area contributed by atoms with Crippen molar-refractivity contribution < 1.29 is 13.9 Å². The SMILES string of the molecule is [B]c1cn(-c2ccc(N3CCN(C(=O)OC(C)(C)C)[C@H](C)C3)cc2F)nc1-c1ccncc1. The molecule has 2 radical (unpaired) electrons. The molecule has 0 N–H and O–H groups in total. The molecule has 2 aromatic heterocycles. The predicted octanol–water partition coefficient (Wildman–Crippen LogP) is 3.31. The molecule has 3 aromatic rings. The van der Waals surface area contributed by atoms with E-state index in [0.717, 1.165) is 11.3 Å². The summed E-state index contributed by atoms with van der Waals surface area (Å²) in [5.74, 6) is -0.404. The van der Waals surface area contributed by atoms with Crippen LogP contribution in [0.2, 0.25) is 0 Å². The number of benzene rings is 1. The first-order chi connectivity index (χ1) is 15.6. The molecule has 7 nitrogen and oxygen atoms in total. The summed E-state index contributed by atoms with van der Waals surface area (Å²) in [6.45, 7) is 9.19. The predicted molar refractivity (Wildman–Crippen MR) is 127 cm³/mol. The quantitative estimate of drug-likeness (QED) is 0.577. The third-order valence-electron chi connectivity index (χ3n) is 5.50. The summed E-state index contributed by atoms with van der Waals surface area (Å²) < 4.78 is 22.1. The maximum Gasteiger partial charge on any atom is 0.410 e. The second kappa shape index (κ2) is 8.88. The van der Waals surface area contributed by atoms with Gasteiger partial charge in [0.05, 0.1) is 5.69 Å². The van der Waals surface area contributed by atoms with Gasteiger partial charge in [-0.1, -0.05) is 5.46 Å². The van der Waals surface area contributed by atoms with E-state index in [2.05, 4.69) is 15.0 Å². The van der Waals surface area contributed by atoms with E-state index in [1.165, 1.54) is 10.7 Å². The van der Waals surface area contributed by atoms with E-state index < -0.39 is 11.4 Å². The average molecular weight is 447 g/mol. The molecular formula is C24H27BFN5O2. The van der Waals surface area contributed by atoms with E-state index in [0.29, 0.717) is 36.5 Å². The Balaban J connectivity index is 1.50. The van der Waals surface area contributed by atoms with Crippen LogP contribution in [0.5, 0.6) is 0 Å². The number of rotatable bonds is 3. The molecule has 33 heavy (non-hydrogen) atoms. The molecule has 9 heteroatoms. The van der Waals surface area contributed by atoms with Crippen LogP contribution < -0.4 is 10.4 Å². The van der Waals surface area contributed by atoms with Crippen LogP contribution in [0, 0.1) is 5.82 Å². The molecule has 1 amide bonds. The van der Waals surface area contributed by atoms with Gasteiger partial charge in [0.25, 0.3) is 0 Å². The molecule has 1 aromatic carbocycles. The second-order valence-corrected chi connectivity index (χ2v) is 9.22. The lowest BCUT2D eigenvalue weighted by Gasteiger charge is -2.41. The fourth-order valence-corrected chi connectivity index (χ4v) is 3.91. The third-order valence-corrected chi connectivity index (χ3v) is 5.50. The van der Waals surface area contributed by atoms with Crippen molar-refractivity contribution in [1.82, 2.24) is 19.7 Å². The summed E-state index contributed by atoms with van der Waals surface area (Å²) in [7, 11) is 6.12. The fourth-order valence-electron chi connectivity index (χ4n) is 3.91. The Morgan fingerprint density at radius 1 is 1.18 bits per heavy atom. The first-order valence-electron chi connectivity index (χ1n) is 10.9. The fraction of sp³-hybridized carbons (Fsp3) is 0.375. The van der Waals surface area contributed by atoms with E-state index in [-0.39, 0.29) is 12.1 Å².